The molecule has 4 heterocycles. The third kappa shape index (κ3) is 3.31. The Hall–Kier alpha value is -1.70. The van der Waals surface area contributed by atoms with Crippen molar-refractivity contribution in [3.8, 4) is 0 Å². The van der Waals surface area contributed by atoms with Gasteiger partial charge in [-0.2, -0.15) is 0 Å². The molecule has 122 valence electrons. The minimum atomic E-state index is 0. The molecule has 23 heavy (non-hydrogen) atoms. The lowest BCUT2D eigenvalue weighted by atomic mass is 9.96. The number of likely N-dealkylation sites (tertiary alicyclic amines) is 1. The molecule has 0 unspecified atom stereocenters. The number of hydrogen-bond acceptors (Lipinski definition) is 6. The Bertz CT molecular complexity index is 777. The van der Waals surface area contributed by atoms with Gasteiger partial charge in [-0.05, 0) is 38.1 Å². The number of nitrogens with zero attached hydrogens (tertiary/aromatic N) is 5. The molecule has 0 aromatic carbocycles. The minimum Gasteiger partial charge on any atom is -0.375 e. The Kier molecular flexibility index (Phi) is 4.79. The zero-order valence-electron chi connectivity index (χ0n) is 12.6. The van der Waals surface area contributed by atoms with Crippen molar-refractivity contribution < 1.29 is 0 Å². The number of piperidine rings is 1. The van der Waals surface area contributed by atoms with Crippen LogP contribution in [0, 0.1) is 0 Å². The van der Waals surface area contributed by atoms with Crippen molar-refractivity contribution in [1.29, 1.82) is 0 Å². The molecule has 1 fully saturated rings. The molecule has 2 N–H and O–H groups in total. The van der Waals surface area contributed by atoms with E-state index in [0.717, 1.165) is 43.9 Å². The monoisotopic (exact) mass is 350 g/mol. The van der Waals surface area contributed by atoms with Crippen LogP contribution in [0.15, 0.2) is 30.6 Å². The number of thiazole rings is 1. The highest BCUT2D eigenvalue weighted by Gasteiger charge is 2.24. The molecule has 4 rings (SSSR count). The lowest BCUT2D eigenvalue weighted by Crippen LogP contribution is -2.32. The average Bonchev–Trinajstić information content (AvgIpc) is 3.14. The van der Waals surface area contributed by atoms with Gasteiger partial charge in [-0.1, -0.05) is 6.07 Å². The second-order valence-electron chi connectivity index (χ2n) is 5.70. The van der Waals surface area contributed by atoms with E-state index in [1.165, 1.54) is 4.88 Å². The first-order valence-corrected chi connectivity index (χ1v) is 8.33. The number of halogens is 1. The number of aromatic nitrogens is 4. The van der Waals surface area contributed by atoms with Crippen molar-refractivity contribution in [2.24, 2.45) is 0 Å². The van der Waals surface area contributed by atoms with Gasteiger partial charge in [0.1, 0.15) is 5.82 Å². The molecule has 0 atom stereocenters. The summed E-state index contributed by atoms with van der Waals surface area (Å²) in [4.78, 5) is 7.82. The zero-order valence-corrected chi connectivity index (χ0v) is 14.3. The summed E-state index contributed by atoms with van der Waals surface area (Å²) in [5.74, 6) is 1.58. The molecule has 0 spiro atoms. The molecular formula is C15H19ClN6S. The van der Waals surface area contributed by atoms with E-state index in [0.29, 0.717) is 11.0 Å². The third-order valence-electron chi connectivity index (χ3n) is 4.24. The topological polar surface area (TPSA) is 72.3 Å². The van der Waals surface area contributed by atoms with E-state index in [-0.39, 0.29) is 12.4 Å². The van der Waals surface area contributed by atoms with Crippen LogP contribution in [0.5, 0.6) is 0 Å². The number of fused-ring (bicyclic) bond motifs is 1. The van der Waals surface area contributed by atoms with Crippen LogP contribution in [-0.4, -0.2) is 37.6 Å². The summed E-state index contributed by atoms with van der Waals surface area (Å²) in [6.07, 6.45) is 6.17. The van der Waals surface area contributed by atoms with Gasteiger partial charge < -0.3 is 5.73 Å². The summed E-state index contributed by atoms with van der Waals surface area (Å²) < 4.78 is 2.12. The predicted molar refractivity (Wildman–Crippen MR) is 94.0 cm³/mol. The Balaban J connectivity index is 0.00000156. The number of pyridine rings is 1. The summed E-state index contributed by atoms with van der Waals surface area (Å²) in [5, 5.41) is 9.32. The molecule has 0 aliphatic carbocycles. The van der Waals surface area contributed by atoms with Gasteiger partial charge in [0.05, 0.1) is 0 Å². The lowest BCUT2D eigenvalue weighted by Gasteiger charge is -2.30. The van der Waals surface area contributed by atoms with E-state index >= 15 is 0 Å². The smallest absolute Gasteiger partial charge is 0.180 e. The molecule has 8 heteroatoms. The SMILES string of the molecule is Cl.Nc1ncc(CN2CCC(c3nnc4ccccn34)CC2)s1. The number of rotatable bonds is 3. The Morgan fingerprint density at radius 2 is 2.04 bits per heavy atom. The van der Waals surface area contributed by atoms with E-state index in [4.69, 9.17) is 5.73 Å². The zero-order chi connectivity index (χ0) is 14.9. The van der Waals surface area contributed by atoms with Crippen molar-refractivity contribution in [1.82, 2.24) is 24.5 Å². The highest BCUT2D eigenvalue weighted by atomic mass is 35.5. The van der Waals surface area contributed by atoms with Gasteiger partial charge in [0.15, 0.2) is 10.8 Å². The minimum absolute atomic E-state index is 0. The molecular weight excluding hydrogens is 332 g/mol. The maximum Gasteiger partial charge on any atom is 0.180 e. The molecule has 6 nitrogen and oxygen atoms in total. The van der Waals surface area contributed by atoms with Gasteiger partial charge in [0.2, 0.25) is 0 Å². The third-order valence-corrected chi connectivity index (χ3v) is 5.05. The normalized spacial score (nSPS) is 16.5. The number of nitrogens with two attached hydrogens (primary N) is 1. The van der Waals surface area contributed by atoms with Gasteiger partial charge in [-0.25, -0.2) is 4.98 Å². The molecule has 0 bridgehead atoms. The first-order chi connectivity index (χ1) is 10.8. The summed E-state index contributed by atoms with van der Waals surface area (Å²) in [7, 11) is 0. The van der Waals surface area contributed by atoms with Crippen molar-refractivity contribution in [2.75, 3.05) is 18.8 Å². The average molecular weight is 351 g/mol. The second-order valence-corrected chi connectivity index (χ2v) is 6.85. The highest BCUT2D eigenvalue weighted by Crippen LogP contribution is 2.28. The largest absolute Gasteiger partial charge is 0.375 e. The Labute approximate surface area is 144 Å². The van der Waals surface area contributed by atoms with E-state index in [1.807, 2.05) is 24.4 Å². The van der Waals surface area contributed by atoms with Crippen LogP contribution in [0.1, 0.15) is 29.5 Å². The summed E-state index contributed by atoms with van der Waals surface area (Å²) in [6.45, 7) is 3.09. The van der Waals surface area contributed by atoms with Crippen molar-refractivity contribution in [3.63, 3.8) is 0 Å². The maximum atomic E-state index is 5.69. The molecule has 0 radical (unpaired) electrons. The molecule has 1 aliphatic rings. The number of anilines is 1. The highest BCUT2D eigenvalue weighted by molar-refractivity contribution is 7.15. The number of nitrogen functional groups attached to an aromatic ring is 1. The van der Waals surface area contributed by atoms with Crippen molar-refractivity contribution >= 4 is 34.5 Å². The molecule has 1 saturated heterocycles. The van der Waals surface area contributed by atoms with E-state index < -0.39 is 0 Å². The van der Waals surface area contributed by atoms with Crippen LogP contribution in [-0.2, 0) is 6.54 Å². The molecule has 0 saturated carbocycles. The molecule has 3 aromatic rings. The fourth-order valence-corrected chi connectivity index (χ4v) is 3.83. The fourth-order valence-electron chi connectivity index (χ4n) is 3.10. The van der Waals surface area contributed by atoms with Gasteiger partial charge >= 0.3 is 0 Å². The second kappa shape index (κ2) is 6.82. The van der Waals surface area contributed by atoms with E-state index in [1.54, 1.807) is 11.3 Å². The van der Waals surface area contributed by atoms with Crippen LogP contribution in [0.4, 0.5) is 5.13 Å². The molecule has 1 aliphatic heterocycles. The van der Waals surface area contributed by atoms with Crippen molar-refractivity contribution in [3.05, 3.63) is 41.3 Å². The van der Waals surface area contributed by atoms with Gasteiger partial charge in [0, 0.05) is 29.7 Å². The first-order valence-electron chi connectivity index (χ1n) is 7.52. The summed E-state index contributed by atoms with van der Waals surface area (Å²) >= 11 is 1.58. The van der Waals surface area contributed by atoms with E-state index in [2.05, 4.69) is 30.7 Å². The first kappa shape index (κ1) is 16.2. The molecule has 0 amide bonds. The maximum absolute atomic E-state index is 5.69. The quantitative estimate of drug-likeness (QED) is 0.786. The van der Waals surface area contributed by atoms with Crippen LogP contribution in [0.3, 0.4) is 0 Å². The predicted octanol–water partition coefficient (Wildman–Crippen LogP) is 2.57. The van der Waals surface area contributed by atoms with Crippen LogP contribution in [0.25, 0.3) is 5.65 Å². The van der Waals surface area contributed by atoms with E-state index in [9.17, 15) is 0 Å². The Morgan fingerprint density at radius 1 is 1.22 bits per heavy atom. The Morgan fingerprint density at radius 3 is 2.78 bits per heavy atom. The standard InChI is InChI=1S/C15H18N6S.ClH/c16-15-17-9-12(22-15)10-20-7-4-11(5-8-20)14-19-18-13-3-1-2-6-21(13)14;/h1-3,6,9,11H,4-5,7-8,10H2,(H2,16,17);1H. The number of hydrogen-bond donors (Lipinski definition) is 1. The van der Waals surface area contributed by atoms with Crippen LogP contribution >= 0.6 is 23.7 Å². The van der Waals surface area contributed by atoms with Gasteiger partial charge in [0.25, 0.3) is 0 Å². The van der Waals surface area contributed by atoms with Gasteiger partial charge in [-0.15, -0.1) is 33.9 Å². The van der Waals surface area contributed by atoms with Crippen LogP contribution in [0.2, 0.25) is 0 Å². The van der Waals surface area contributed by atoms with Crippen LogP contribution < -0.4 is 5.73 Å². The van der Waals surface area contributed by atoms with Gasteiger partial charge in [-0.3, -0.25) is 9.30 Å². The fraction of sp³-hybridized carbons (Fsp3) is 0.400. The lowest BCUT2D eigenvalue weighted by molar-refractivity contribution is 0.203. The summed E-state index contributed by atoms with van der Waals surface area (Å²) in [6, 6.07) is 6.03. The molecule has 3 aromatic heterocycles. The van der Waals surface area contributed by atoms with Crippen molar-refractivity contribution in [2.45, 2.75) is 25.3 Å². The summed E-state index contributed by atoms with van der Waals surface area (Å²) in [5.41, 5.74) is 6.62.